The van der Waals surface area contributed by atoms with Gasteiger partial charge in [0.25, 0.3) is 5.91 Å². The molecular weight excluding hydrogens is 451 g/mol. The highest BCUT2D eigenvalue weighted by Crippen LogP contribution is 2.18. The Labute approximate surface area is 169 Å². The summed E-state index contributed by atoms with van der Waals surface area (Å²) < 4.78 is 5.04. The van der Waals surface area contributed by atoms with E-state index in [1.165, 1.54) is 11.8 Å². The molecule has 0 aliphatic heterocycles. The standard InChI is InChI=1S/C17H24N4O2S.HI/c1-3-18-17(21-11-13(2)14-6-10-24-12-14)20-8-7-19-16(22)15-5-4-9-23-15;/h4-6,9-10,12-13H,3,7-8,11H2,1-2H3,(H,19,22)(H2,18,20,21);1H. The van der Waals surface area contributed by atoms with E-state index in [4.69, 9.17) is 4.42 Å². The molecule has 6 nitrogen and oxygen atoms in total. The van der Waals surface area contributed by atoms with Gasteiger partial charge >= 0.3 is 0 Å². The van der Waals surface area contributed by atoms with Crippen molar-refractivity contribution in [2.75, 3.05) is 26.2 Å². The minimum absolute atomic E-state index is 0. The Morgan fingerprint density at radius 3 is 2.72 bits per heavy atom. The maximum Gasteiger partial charge on any atom is 0.287 e. The van der Waals surface area contributed by atoms with Crippen molar-refractivity contribution in [1.82, 2.24) is 16.0 Å². The maximum atomic E-state index is 11.7. The highest BCUT2D eigenvalue weighted by Gasteiger charge is 2.08. The number of furan rings is 1. The van der Waals surface area contributed by atoms with Crippen molar-refractivity contribution in [2.24, 2.45) is 4.99 Å². The van der Waals surface area contributed by atoms with E-state index in [1.807, 2.05) is 6.92 Å². The number of carbonyl (C=O) groups excluding carboxylic acids is 1. The molecule has 0 radical (unpaired) electrons. The predicted octanol–water partition coefficient (Wildman–Crippen LogP) is 3.05. The fourth-order valence-electron chi connectivity index (χ4n) is 2.08. The van der Waals surface area contributed by atoms with Gasteiger partial charge in [-0.05, 0) is 41.4 Å². The zero-order valence-corrected chi connectivity index (χ0v) is 17.6. The fraction of sp³-hybridized carbons (Fsp3) is 0.412. The van der Waals surface area contributed by atoms with Crippen LogP contribution in [0.3, 0.4) is 0 Å². The minimum atomic E-state index is -0.213. The summed E-state index contributed by atoms with van der Waals surface area (Å²) in [6, 6.07) is 5.47. The van der Waals surface area contributed by atoms with Gasteiger partial charge in [0, 0.05) is 32.1 Å². The third kappa shape index (κ3) is 7.47. The van der Waals surface area contributed by atoms with E-state index in [0.717, 1.165) is 12.5 Å². The van der Waals surface area contributed by atoms with Crippen LogP contribution < -0.4 is 16.0 Å². The Kier molecular flexibility index (Phi) is 10.2. The van der Waals surface area contributed by atoms with Gasteiger partial charge in [-0.1, -0.05) is 6.92 Å². The van der Waals surface area contributed by atoms with Crippen LogP contribution in [0.1, 0.15) is 35.9 Å². The van der Waals surface area contributed by atoms with E-state index < -0.39 is 0 Å². The first kappa shape index (κ1) is 21.5. The quantitative estimate of drug-likeness (QED) is 0.237. The molecule has 1 unspecified atom stereocenters. The number of halogens is 1. The molecule has 1 atom stereocenters. The third-order valence-corrected chi connectivity index (χ3v) is 4.13. The van der Waals surface area contributed by atoms with Gasteiger partial charge in [-0.15, -0.1) is 24.0 Å². The molecule has 0 saturated heterocycles. The summed E-state index contributed by atoms with van der Waals surface area (Å²) in [6.07, 6.45) is 1.48. The van der Waals surface area contributed by atoms with Crippen molar-refractivity contribution in [2.45, 2.75) is 19.8 Å². The van der Waals surface area contributed by atoms with Crippen LogP contribution in [0.5, 0.6) is 0 Å². The van der Waals surface area contributed by atoms with Crippen LogP contribution in [-0.2, 0) is 0 Å². The Bertz CT molecular complexity index is 629. The van der Waals surface area contributed by atoms with E-state index in [0.29, 0.717) is 31.3 Å². The number of nitrogens with zero attached hydrogens (tertiary/aromatic N) is 1. The lowest BCUT2D eigenvalue weighted by Gasteiger charge is -2.13. The number of hydrogen-bond donors (Lipinski definition) is 3. The van der Waals surface area contributed by atoms with Crippen molar-refractivity contribution in [1.29, 1.82) is 0 Å². The number of hydrogen-bond acceptors (Lipinski definition) is 4. The second kappa shape index (κ2) is 11.9. The maximum absolute atomic E-state index is 11.7. The zero-order chi connectivity index (χ0) is 17.2. The Hall–Kier alpha value is -1.55. The lowest BCUT2D eigenvalue weighted by atomic mass is 10.1. The number of amides is 1. The van der Waals surface area contributed by atoms with E-state index in [2.05, 4.69) is 44.7 Å². The molecule has 2 aromatic rings. The van der Waals surface area contributed by atoms with Gasteiger partial charge in [0.1, 0.15) is 0 Å². The minimum Gasteiger partial charge on any atom is -0.459 e. The summed E-state index contributed by atoms with van der Waals surface area (Å²) in [7, 11) is 0. The van der Waals surface area contributed by atoms with E-state index in [9.17, 15) is 4.79 Å². The van der Waals surface area contributed by atoms with Crippen LogP contribution in [0.2, 0.25) is 0 Å². The number of guanidine groups is 1. The monoisotopic (exact) mass is 476 g/mol. The molecule has 3 N–H and O–H groups in total. The Balaban J connectivity index is 0.00000312. The Morgan fingerprint density at radius 1 is 1.28 bits per heavy atom. The lowest BCUT2D eigenvalue weighted by molar-refractivity contribution is 0.0926. The van der Waals surface area contributed by atoms with E-state index in [1.54, 1.807) is 23.5 Å². The molecule has 2 heterocycles. The van der Waals surface area contributed by atoms with Gasteiger partial charge in [0.2, 0.25) is 0 Å². The number of rotatable bonds is 8. The molecule has 138 valence electrons. The summed E-state index contributed by atoms with van der Waals surface area (Å²) in [4.78, 5) is 16.3. The first-order valence-corrected chi connectivity index (χ1v) is 9.01. The van der Waals surface area contributed by atoms with Crippen molar-refractivity contribution < 1.29 is 9.21 Å². The number of nitrogens with one attached hydrogen (secondary N) is 3. The molecule has 2 aromatic heterocycles. The summed E-state index contributed by atoms with van der Waals surface area (Å²) in [5, 5.41) is 13.5. The zero-order valence-electron chi connectivity index (χ0n) is 14.5. The van der Waals surface area contributed by atoms with Gasteiger partial charge in [-0.25, -0.2) is 0 Å². The van der Waals surface area contributed by atoms with Crippen molar-refractivity contribution in [3.8, 4) is 0 Å². The first-order valence-electron chi connectivity index (χ1n) is 8.06. The summed E-state index contributed by atoms with van der Waals surface area (Å²) in [5.74, 6) is 1.24. The highest BCUT2D eigenvalue weighted by molar-refractivity contribution is 14.0. The number of carbonyl (C=O) groups is 1. The van der Waals surface area contributed by atoms with Crippen LogP contribution in [0, 0.1) is 0 Å². The average Bonchev–Trinajstić information content (AvgIpc) is 3.29. The normalized spacial score (nSPS) is 12.2. The molecule has 8 heteroatoms. The molecule has 0 saturated carbocycles. The second-order valence-electron chi connectivity index (χ2n) is 5.34. The molecule has 0 fully saturated rings. The predicted molar refractivity (Wildman–Crippen MR) is 113 cm³/mol. The van der Waals surface area contributed by atoms with Crippen LogP contribution in [0.4, 0.5) is 0 Å². The molecule has 2 rings (SSSR count). The summed E-state index contributed by atoms with van der Waals surface area (Å²) in [6.45, 7) is 6.77. The fourth-order valence-corrected chi connectivity index (χ4v) is 2.86. The highest BCUT2D eigenvalue weighted by atomic mass is 127. The molecule has 25 heavy (non-hydrogen) atoms. The molecule has 0 aliphatic carbocycles. The second-order valence-corrected chi connectivity index (χ2v) is 6.12. The molecule has 0 spiro atoms. The van der Waals surface area contributed by atoms with E-state index >= 15 is 0 Å². The molecule has 0 bridgehead atoms. The van der Waals surface area contributed by atoms with Crippen LogP contribution in [-0.4, -0.2) is 38.0 Å². The largest absolute Gasteiger partial charge is 0.459 e. The van der Waals surface area contributed by atoms with Gasteiger partial charge in [0.15, 0.2) is 11.7 Å². The Morgan fingerprint density at radius 2 is 2.08 bits per heavy atom. The third-order valence-electron chi connectivity index (χ3n) is 3.43. The van der Waals surface area contributed by atoms with Gasteiger partial charge < -0.3 is 20.4 Å². The van der Waals surface area contributed by atoms with E-state index in [-0.39, 0.29) is 29.9 Å². The smallest absolute Gasteiger partial charge is 0.287 e. The van der Waals surface area contributed by atoms with Gasteiger partial charge in [0.05, 0.1) is 6.26 Å². The molecule has 0 aliphatic rings. The molecule has 0 aromatic carbocycles. The van der Waals surface area contributed by atoms with Crippen LogP contribution in [0.15, 0.2) is 44.6 Å². The van der Waals surface area contributed by atoms with Crippen molar-refractivity contribution in [3.63, 3.8) is 0 Å². The van der Waals surface area contributed by atoms with Crippen molar-refractivity contribution in [3.05, 3.63) is 46.5 Å². The molecular formula is C17H25IN4O2S. The number of thiophene rings is 1. The van der Waals surface area contributed by atoms with Gasteiger partial charge in [-0.3, -0.25) is 9.79 Å². The summed E-state index contributed by atoms with van der Waals surface area (Å²) in [5.41, 5.74) is 1.31. The lowest BCUT2D eigenvalue weighted by Crippen LogP contribution is -2.41. The SMILES string of the molecule is CCNC(=NCC(C)c1ccsc1)NCCNC(=O)c1ccco1.I. The molecule has 1 amide bonds. The van der Waals surface area contributed by atoms with Crippen LogP contribution in [0.25, 0.3) is 0 Å². The van der Waals surface area contributed by atoms with Gasteiger partial charge in [-0.2, -0.15) is 11.3 Å². The topological polar surface area (TPSA) is 78.7 Å². The average molecular weight is 476 g/mol. The van der Waals surface area contributed by atoms with Crippen molar-refractivity contribution >= 4 is 47.2 Å². The van der Waals surface area contributed by atoms with Crippen LogP contribution >= 0.6 is 35.3 Å². The summed E-state index contributed by atoms with van der Waals surface area (Å²) >= 11 is 1.70. The number of aliphatic imine (C=N–C) groups is 1. The first-order chi connectivity index (χ1) is 11.7.